The molecule has 0 aliphatic carbocycles. The molecule has 0 aliphatic heterocycles. The average molecular weight is 995 g/mol. The molecule has 0 saturated heterocycles. The molecular formula is C74H46N2O2. The number of benzene rings is 14. The van der Waals surface area contributed by atoms with Crippen LogP contribution in [0, 0.1) is 0 Å². The van der Waals surface area contributed by atoms with Crippen molar-refractivity contribution in [1.82, 2.24) is 0 Å². The van der Waals surface area contributed by atoms with Gasteiger partial charge in [-0.05, 0) is 163 Å². The van der Waals surface area contributed by atoms with Crippen molar-refractivity contribution < 1.29 is 8.83 Å². The van der Waals surface area contributed by atoms with Crippen LogP contribution in [-0.2, 0) is 0 Å². The Bertz CT molecular complexity index is 4910. The van der Waals surface area contributed by atoms with Crippen molar-refractivity contribution >= 4 is 121 Å². The van der Waals surface area contributed by atoms with Crippen molar-refractivity contribution in [3.05, 3.63) is 279 Å². The van der Waals surface area contributed by atoms with E-state index in [4.69, 9.17) is 8.83 Å². The topological polar surface area (TPSA) is 32.8 Å². The first-order chi connectivity index (χ1) is 38.7. The van der Waals surface area contributed by atoms with Crippen molar-refractivity contribution in [2.24, 2.45) is 0 Å². The van der Waals surface area contributed by atoms with Crippen LogP contribution >= 0.6 is 0 Å². The molecule has 4 heteroatoms. The van der Waals surface area contributed by atoms with Gasteiger partial charge in [-0.15, -0.1) is 0 Å². The Hall–Kier alpha value is -10.4. The summed E-state index contributed by atoms with van der Waals surface area (Å²) in [5, 5.41) is 13.9. The molecule has 78 heavy (non-hydrogen) atoms. The van der Waals surface area contributed by atoms with Crippen LogP contribution in [0.1, 0.15) is 0 Å². The lowest BCUT2D eigenvalue weighted by Crippen LogP contribution is -2.16. The van der Waals surface area contributed by atoms with Crippen molar-refractivity contribution in [3.8, 4) is 33.4 Å². The third kappa shape index (κ3) is 7.01. The Morgan fingerprint density at radius 2 is 0.756 bits per heavy atom. The van der Waals surface area contributed by atoms with Crippen LogP contribution in [0.3, 0.4) is 0 Å². The summed E-state index contributed by atoms with van der Waals surface area (Å²) in [7, 11) is 0. The van der Waals surface area contributed by atoms with E-state index in [0.717, 1.165) is 117 Å². The molecule has 0 spiro atoms. The molecule has 0 radical (unpaired) electrons. The summed E-state index contributed by atoms with van der Waals surface area (Å²) < 4.78 is 13.7. The van der Waals surface area contributed by atoms with E-state index >= 15 is 0 Å². The second-order valence-corrected chi connectivity index (χ2v) is 20.4. The van der Waals surface area contributed by atoms with Gasteiger partial charge in [-0.2, -0.15) is 0 Å². The van der Waals surface area contributed by atoms with Crippen LogP contribution in [-0.4, -0.2) is 0 Å². The van der Waals surface area contributed by atoms with Crippen molar-refractivity contribution in [2.75, 3.05) is 9.80 Å². The van der Waals surface area contributed by atoms with E-state index in [2.05, 4.69) is 289 Å². The van der Waals surface area contributed by atoms with Crippen molar-refractivity contribution in [3.63, 3.8) is 0 Å². The van der Waals surface area contributed by atoms with E-state index in [1.807, 2.05) is 0 Å². The summed E-state index contributed by atoms with van der Waals surface area (Å²) in [6.45, 7) is 0. The summed E-state index contributed by atoms with van der Waals surface area (Å²) in [6.07, 6.45) is 0. The number of furan rings is 2. The van der Waals surface area contributed by atoms with Gasteiger partial charge in [0.25, 0.3) is 0 Å². The van der Waals surface area contributed by atoms with Gasteiger partial charge >= 0.3 is 0 Å². The van der Waals surface area contributed by atoms with E-state index in [-0.39, 0.29) is 0 Å². The smallest absolute Gasteiger partial charge is 0.143 e. The van der Waals surface area contributed by atoms with E-state index in [0.29, 0.717) is 0 Å². The maximum Gasteiger partial charge on any atom is 0.143 e. The molecule has 16 aromatic rings. The molecule has 2 heterocycles. The zero-order valence-corrected chi connectivity index (χ0v) is 42.3. The molecule has 0 saturated carbocycles. The highest BCUT2D eigenvalue weighted by atomic mass is 16.3. The Kier molecular flexibility index (Phi) is 9.91. The zero-order chi connectivity index (χ0) is 51.3. The van der Waals surface area contributed by atoms with Crippen LogP contribution in [0.2, 0.25) is 0 Å². The first-order valence-corrected chi connectivity index (χ1v) is 26.6. The predicted molar refractivity (Wildman–Crippen MR) is 328 cm³/mol. The predicted octanol–water partition coefficient (Wildman–Crippen LogP) is 21.5. The van der Waals surface area contributed by atoms with Gasteiger partial charge in [0.15, 0.2) is 0 Å². The number of nitrogens with zero attached hydrogens (tertiary/aromatic N) is 2. The minimum absolute atomic E-state index is 0.833. The summed E-state index contributed by atoms with van der Waals surface area (Å²) >= 11 is 0. The SMILES string of the molecule is c1ccc(-c2ccc3oc4ccc(N(c5ccccc5)c5cc(-c6cccc7ccccc67)cc(N(c6ccccc6)c6ccccc6)c5-c5ccc6oc7c(cc8ccc9cccc%10ccc7c8c9%10)c6c5)cc4c3c2)cc1. The Morgan fingerprint density at radius 3 is 1.46 bits per heavy atom. The van der Waals surface area contributed by atoms with Gasteiger partial charge in [0.05, 0.1) is 11.4 Å². The molecule has 0 fully saturated rings. The first kappa shape index (κ1) is 43.9. The summed E-state index contributed by atoms with van der Waals surface area (Å²) in [5.41, 5.74) is 16.2. The largest absolute Gasteiger partial charge is 0.456 e. The van der Waals surface area contributed by atoms with Gasteiger partial charge in [-0.25, -0.2) is 0 Å². The van der Waals surface area contributed by atoms with E-state index in [1.54, 1.807) is 0 Å². The molecule has 2 aromatic heterocycles. The number of para-hydroxylation sites is 3. The highest BCUT2D eigenvalue weighted by Gasteiger charge is 2.28. The monoisotopic (exact) mass is 994 g/mol. The lowest BCUT2D eigenvalue weighted by Gasteiger charge is -2.34. The molecule has 0 bridgehead atoms. The van der Waals surface area contributed by atoms with Crippen LogP contribution < -0.4 is 9.80 Å². The quantitative estimate of drug-likeness (QED) is 0.135. The minimum atomic E-state index is 0.833. The number of hydrogen-bond donors (Lipinski definition) is 0. The highest BCUT2D eigenvalue weighted by Crippen LogP contribution is 2.53. The van der Waals surface area contributed by atoms with Gasteiger partial charge in [0, 0.05) is 60.6 Å². The molecule has 0 atom stereocenters. The van der Waals surface area contributed by atoms with E-state index in [9.17, 15) is 0 Å². The van der Waals surface area contributed by atoms with Crippen LogP contribution in [0.5, 0.6) is 0 Å². The van der Waals surface area contributed by atoms with Gasteiger partial charge in [-0.3, -0.25) is 0 Å². The van der Waals surface area contributed by atoms with Gasteiger partial charge < -0.3 is 18.6 Å². The van der Waals surface area contributed by atoms with Gasteiger partial charge in [0.1, 0.15) is 22.3 Å². The molecule has 14 aromatic carbocycles. The van der Waals surface area contributed by atoms with Gasteiger partial charge in [0.2, 0.25) is 0 Å². The molecule has 4 nitrogen and oxygen atoms in total. The molecule has 364 valence electrons. The van der Waals surface area contributed by atoms with Crippen molar-refractivity contribution in [1.29, 1.82) is 0 Å². The summed E-state index contributed by atoms with van der Waals surface area (Å²) in [6, 6.07) is 101. The molecule has 0 amide bonds. The fourth-order valence-corrected chi connectivity index (χ4v) is 12.4. The van der Waals surface area contributed by atoms with Crippen molar-refractivity contribution in [2.45, 2.75) is 0 Å². The Morgan fingerprint density at radius 1 is 0.244 bits per heavy atom. The summed E-state index contributed by atoms with van der Waals surface area (Å²) in [5.74, 6) is 0. The molecule has 16 rings (SSSR count). The molecular weight excluding hydrogens is 949 g/mol. The lowest BCUT2D eigenvalue weighted by molar-refractivity contribution is 0.669. The average Bonchev–Trinajstić information content (AvgIpc) is 4.10. The molecule has 0 N–H and O–H groups in total. The maximum absolute atomic E-state index is 7.03. The fourth-order valence-electron chi connectivity index (χ4n) is 12.4. The van der Waals surface area contributed by atoms with Crippen LogP contribution in [0.4, 0.5) is 34.1 Å². The Balaban J connectivity index is 1.03. The van der Waals surface area contributed by atoms with Crippen LogP contribution in [0.25, 0.3) is 120 Å². The number of hydrogen-bond acceptors (Lipinski definition) is 4. The number of rotatable bonds is 9. The second kappa shape index (κ2) is 17.6. The minimum Gasteiger partial charge on any atom is -0.456 e. The van der Waals surface area contributed by atoms with Gasteiger partial charge in [-0.1, -0.05) is 176 Å². The second-order valence-electron chi connectivity index (χ2n) is 20.4. The maximum atomic E-state index is 7.03. The van der Waals surface area contributed by atoms with E-state index in [1.165, 1.54) is 37.7 Å². The number of fused-ring (bicyclic) bond motifs is 8. The van der Waals surface area contributed by atoms with Crippen LogP contribution in [0.15, 0.2) is 288 Å². The lowest BCUT2D eigenvalue weighted by atomic mass is 9.90. The third-order valence-corrected chi connectivity index (χ3v) is 15.9. The standard InChI is InChI=1S/C74H46N2O2/c1-5-17-47(18-6-1)51-34-38-68-62(41-51)64-46-58(36-40-69(64)77-68)76(57-27-11-4-12-28-57)67-45-54(60-30-16-20-48-19-13-14-29-59(48)60)44-66(75(55-23-7-2-8-24-55)56-25-9-3-10-26-56)73(67)53-35-39-70-63(42-53)65-43-52-32-31-49-21-15-22-50-33-37-61(74(65)78-70)72(52)71(49)50/h1-46H. The zero-order valence-electron chi connectivity index (χ0n) is 42.3. The highest BCUT2D eigenvalue weighted by molar-refractivity contribution is 6.30. The normalized spacial score (nSPS) is 11.8. The van der Waals surface area contributed by atoms with E-state index < -0.39 is 0 Å². The Labute approximate surface area is 449 Å². The molecule has 0 unspecified atom stereocenters. The summed E-state index contributed by atoms with van der Waals surface area (Å²) in [4.78, 5) is 4.88. The third-order valence-electron chi connectivity index (χ3n) is 15.9. The first-order valence-electron chi connectivity index (χ1n) is 26.6. The fraction of sp³-hybridized carbons (Fsp3) is 0. The molecule has 0 aliphatic rings. The number of anilines is 6.